The predicted molar refractivity (Wildman–Crippen MR) is 156 cm³/mol. The Labute approximate surface area is 244 Å². The number of amides is 2. The fourth-order valence-electron chi connectivity index (χ4n) is 4.94. The Morgan fingerprint density at radius 1 is 1.05 bits per heavy atom. The van der Waals surface area contributed by atoms with Gasteiger partial charge in [0.25, 0.3) is 5.91 Å². The molecule has 1 aliphatic heterocycles. The van der Waals surface area contributed by atoms with Gasteiger partial charge in [0.1, 0.15) is 35.1 Å². The van der Waals surface area contributed by atoms with Crippen LogP contribution in [0, 0.1) is 32.1 Å². The van der Waals surface area contributed by atoms with Crippen molar-refractivity contribution >= 4 is 23.3 Å². The van der Waals surface area contributed by atoms with Gasteiger partial charge in [-0.15, -0.1) is 5.10 Å². The van der Waals surface area contributed by atoms with Crippen LogP contribution < -0.4 is 15.4 Å². The number of aryl methyl sites for hydroxylation is 3. The van der Waals surface area contributed by atoms with Crippen LogP contribution in [0.2, 0.25) is 0 Å². The molecule has 42 heavy (non-hydrogen) atoms. The van der Waals surface area contributed by atoms with Gasteiger partial charge in [0.15, 0.2) is 0 Å². The van der Waals surface area contributed by atoms with E-state index in [9.17, 15) is 9.59 Å². The largest absolute Gasteiger partial charge is 0.456 e. The minimum Gasteiger partial charge on any atom is -0.456 e. The number of nitriles is 1. The standard InChI is InChI=1S/C31H32N8O3/c1-20-12-21(2)30(22(3)13-20)42-27-14-28(35-24-8-6-23(15-32)7-9-24)33-17-26(27)31(41)34-16-25-18-39(37-36-25)19-29(40)38-10-4-5-11-38/h6-9,12-14,17-18H,4-5,10-11,16,19H2,1-3H3,(H,33,35)(H,34,41). The van der Waals surface area contributed by atoms with Gasteiger partial charge in [0.2, 0.25) is 5.91 Å². The molecule has 2 N–H and O–H groups in total. The molecule has 4 aromatic rings. The Morgan fingerprint density at radius 2 is 1.76 bits per heavy atom. The molecule has 0 radical (unpaired) electrons. The Morgan fingerprint density at radius 3 is 2.45 bits per heavy atom. The van der Waals surface area contributed by atoms with Gasteiger partial charge in [0.05, 0.1) is 24.4 Å². The fraction of sp³-hybridized carbons (Fsp3) is 0.290. The topological polar surface area (TPSA) is 138 Å². The third-order valence-electron chi connectivity index (χ3n) is 6.99. The third-order valence-corrected chi connectivity index (χ3v) is 6.99. The number of ether oxygens (including phenoxy) is 1. The summed E-state index contributed by atoms with van der Waals surface area (Å²) in [5, 5.41) is 23.3. The normalized spacial score (nSPS) is 12.6. The summed E-state index contributed by atoms with van der Waals surface area (Å²) in [4.78, 5) is 32.0. The summed E-state index contributed by atoms with van der Waals surface area (Å²) in [5.41, 5.74) is 5.05. The zero-order valence-electron chi connectivity index (χ0n) is 23.8. The van der Waals surface area contributed by atoms with Crippen LogP contribution in [0.4, 0.5) is 11.5 Å². The van der Waals surface area contributed by atoms with E-state index in [0.29, 0.717) is 28.6 Å². The number of nitrogens with zero attached hydrogens (tertiary/aromatic N) is 6. The van der Waals surface area contributed by atoms with E-state index in [2.05, 4.69) is 32.0 Å². The minimum atomic E-state index is -0.396. The molecule has 0 bridgehead atoms. The number of carbonyl (C=O) groups is 2. The summed E-state index contributed by atoms with van der Waals surface area (Å²) < 4.78 is 7.84. The van der Waals surface area contributed by atoms with E-state index < -0.39 is 5.91 Å². The summed E-state index contributed by atoms with van der Waals surface area (Å²) in [6.45, 7) is 7.73. The van der Waals surface area contributed by atoms with Crippen LogP contribution in [0.15, 0.2) is 54.9 Å². The molecule has 2 amide bonds. The molecule has 0 saturated carbocycles. The van der Waals surface area contributed by atoms with Gasteiger partial charge < -0.3 is 20.3 Å². The number of carbonyl (C=O) groups excluding carboxylic acids is 2. The van der Waals surface area contributed by atoms with E-state index in [-0.39, 0.29) is 24.6 Å². The highest BCUT2D eigenvalue weighted by molar-refractivity contribution is 5.97. The van der Waals surface area contributed by atoms with Crippen LogP contribution in [-0.4, -0.2) is 49.8 Å². The van der Waals surface area contributed by atoms with E-state index in [1.807, 2.05) is 37.8 Å². The van der Waals surface area contributed by atoms with Gasteiger partial charge in [0, 0.05) is 31.0 Å². The first-order valence-corrected chi connectivity index (χ1v) is 13.8. The Hall–Kier alpha value is -5.24. The lowest BCUT2D eigenvalue weighted by molar-refractivity contribution is -0.130. The lowest BCUT2D eigenvalue weighted by Gasteiger charge is -2.17. The maximum Gasteiger partial charge on any atom is 0.256 e. The van der Waals surface area contributed by atoms with E-state index in [1.54, 1.807) is 36.5 Å². The number of nitrogens with one attached hydrogen (secondary N) is 2. The highest BCUT2D eigenvalue weighted by Crippen LogP contribution is 2.33. The summed E-state index contributed by atoms with van der Waals surface area (Å²) >= 11 is 0. The molecule has 11 nitrogen and oxygen atoms in total. The smallest absolute Gasteiger partial charge is 0.256 e. The highest BCUT2D eigenvalue weighted by atomic mass is 16.5. The number of aromatic nitrogens is 4. The maximum atomic E-state index is 13.4. The SMILES string of the molecule is Cc1cc(C)c(Oc2cc(Nc3ccc(C#N)cc3)ncc2C(=O)NCc2cn(CC(=O)N3CCCC3)nn2)c(C)c1. The zero-order valence-corrected chi connectivity index (χ0v) is 23.8. The minimum absolute atomic E-state index is 0.0113. The van der Waals surface area contributed by atoms with Crippen LogP contribution in [-0.2, 0) is 17.9 Å². The Balaban J connectivity index is 1.33. The highest BCUT2D eigenvalue weighted by Gasteiger charge is 2.20. The Kier molecular flexibility index (Phi) is 8.43. The lowest BCUT2D eigenvalue weighted by atomic mass is 10.1. The first kappa shape index (κ1) is 28.3. The second-order valence-electron chi connectivity index (χ2n) is 10.4. The summed E-state index contributed by atoms with van der Waals surface area (Å²) in [7, 11) is 0. The summed E-state index contributed by atoms with van der Waals surface area (Å²) in [6.07, 6.45) is 5.17. The number of benzene rings is 2. The molecule has 1 aliphatic rings. The van der Waals surface area contributed by atoms with Crippen molar-refractivity contribution in [1.82, 2.24) is 30.2 Å². The lowest BCUT2D eigenvalue weighted by Crippen LogP contribution is -2.31. The summed E-state index contributed by atoms with van der Waals surface area (Å²) in [6, 6.07) is 14.8. The molecule has 1 saturated heterocycles. The van der Waals surface area contributed by atoms with Crippen molar-refractivity contribution in [2.75, 3.05) is 18.4 Å². The molecule has 3 heterocycles. The molecule has 1 fully saturated rings. The molecular formula is C31H32N8O3. The molecule has 0 aliphatic carbocycles. The van der Waals surface area contributed by atoms with Crippen molar-refractivity contribution < 1.29 is 14.3 Å². The van der Waals surface area contributed by atoms with E-state index >= 15 is 0 Å². The van der Waals surface area contributed by atoms with Gasteiger partial charge in [-0.2, -0.15) is 5.26 Å². The van der Waals surface area contributed by atoms with Gasteiger partial charge >= 0.3 is 0 Å². The van der Waals surface area contributed by atoms with Crippen LogP contribution >= 0.6 is 0 Å². The van der Waals surface area contributed by atoms with Gasteiger partial charge in [-0.1, -0.05) is 22.9 Å². The molecular weight excluding hydrogens is 532 g/mol. The Bertz CT molecular complexity index is 1630. The number of rotatable bonds is 9. The number of pyridine rings is 1. The molecule has 11 heteroatoms. The molecule has 2 aromatic carbocycles. The van der Waals surface area contributed by atoms with Gasteiger partial charge in [-0.05, 0) is 69.0 Å². The zero-order chi connectivity index (χ0) is 29.6. The van der Waals surface area contributed by atoms with Crippen LogP contribution in [0.3, 0.4) is 0 Å². The number of likely N-dealkylation sites (tertiary alicyclic amines) is 1. The van der Waals surface area contributed by atoms with E-state index in [1.165, 1.54) is 10.9 Å². The first-order chi connectivity index (χ1) is 20.3. The van der Waals surface area contributed by atoms with E-state index in [0.717, 1.165) is 48.3 Å². The first-order valence-electron chi connectivity index (χ1n) is 13.8. The van der Waals surface area contributed by atoms with Crippen LogP contribution in [0.25, 0.3) is 0 Å². The second kappa shape index (κ2) is 12.5. The van der Waals surface area contributed by atoms with Gasteiger partial charge in [-0.3, -0.25) is 9.59 Å². The molecule has 0 unspecified atom stereocenters. The van der Waals surface area contributed by atoms with Crippen molar-refractivity contribution in [2.24, 2.45) is 0 Å². The van der Waals surface area contributed by atoms with Crippen molar-refractivity contribution in [3.63, 3.8) is 0 Å². The average Bonchev–Trinajstić information content (AvgIpc) is 3.67. The fourth-order valence-corrected chi connectivity index (χ4v) is 4.94. The average molecular weight is 565 g/mol. The van der Waals surface area contributed by atoms with Crippen LogP contribution in [0.5, 0.6) is 11.5 Å². The molecule has 2 aromatic heterocycles. The molecule has 0 spiro atoms. The number of hydrogen-bond acceptors (Lipinski definition) is 8. The van der Waals surface area contributed by atoms with E-state index in [4.69, 9.17) is 10.00 Å². The van der Waals surface area contributed by atoms with Gasteiger partial charge in [-0.25, -0.2) is 9.67 Å². The van der Waals surface area contributed by atoms with Crippen molar-refractivity contribution in [3.05, 3.63) is 88.4 Å². The quantitative estimate of drug-likeness (QED) is 0.302. The van der Waals surface area contributed by atoms with Crippen molar-refractivity contribution in [2.45, 2.75) is 46.7 Å². The monoisotopic (exact) mass is 564 g/mol. The van der Waals surface area contributed by atoms with Crippen LogP contribution in [0.1, 0.15) is 51.1 Å². The second-order valence-corrected chi connectivity index (χ2v) is 10.4. The number of hydrogen-bond donors (Lipinski definition) is 2. The predicted octanol–water partition coefficient (Wildman–Crippen LogP) is 4.56. The van der Waals surface area contributed by atoms with Crippen molar-refractivity contribution in [3.8, 4) is 17.6 Å². The molecule has 214 valence electrons. The maximum absolute atomic E-state index is 13.4. The summed E-state index contributed by atoms with van der Waals surface area (Å²) in [5.74, 6) is 1.08. The molecule has 0 atom stereocenters. The molecule has 5 rings (SSSR count). The third kappa shape index (κ3) is 6.72. The number of anilines is 2. The van der Waals surface area contributed by atoms with Crippen molar-refractivity contribution in [1.29, 1.82) is 5.26 Å².